The van der Waals surface area contributed by atoms with Gasteiger partial charge in [0.25, 0.3) is 5.91 Å². The SMILES string of the molecule is C=CCCOC(=O)[C@H]1[C@H]2C(=O)N([C@@H](CO)[C@@H](C)CC)C(C(=O)N(CC=C)c3cc(C)ccc3C)C23CC[C@]1(CC)O3. The number of likely N-dealkylation sites (tertiary alicyclic amines) is 1. The molecule has 1 spiro atoms. The van der Waals surface area contributed by atoms with E-state index in [0.29, 0.717) is 32.1 Å². The summed E-state index contributed by atoms with van der Waals surface area (Å²) >= 11 is 0. The highest BCUT2D eigenvalue weighted by Gasteiger charge is 2.79. The molecular formula is C33H46N2O6. The van der Waals surface area contributed by atoms with Crippen molar-refractivity contribution in [3.8, 4) is 0 Å². The van der Waals surface area contributed by atoms with Crippen LogP contribution in [0.5, 0.6) is 0 Å². The maximum absolute atomic E-state index is 14.9. The molecule has 0 aliphatic carbocycles. The maximum Gasteiger partial charge on any atom is 0.312 e. The van der Waals surface area contributed by atoms with Crippen LogP contribution in [0, 0.1) is 31.6 Å². The molecular weight excluding hydrogens is 520 g/mol. The fraction of sp³-hybridized carbons (Fsp3) is 0.606. The topological polar surface area (TPSA) is 96.4 Å². The van der Waals surface area contributed by atoms with Gasteiger partial charge < -0.3 is 24.4 Å². The number of hydrogen-bond donors (Lipinski definition) is 1. The Morgan fingerprint density at radius 3 is 2.59 bits per heavy atom. The summed E-state index contributed by atoms with van der Waals surface area (Å²) in [6.07, 6.45) is 6.09. The van der Waals surface area contributed by atoms with Crippen molar-refractivity contribution in [2.24, 2.45) is 17.8 Å². The van der Waals surface area contributed by atoms with Crippen molar-refractivity contribution in [2.75, 3.05) is 24.7 Å². The highest BCUT2D eigenvalue weighted by molar-refractivity contribution is 6.05. The van der Waals surface area contributed by atoms with Crippen LogP contribution in [0.15, 0.2) is 43.5 Å². The molecule has 0 aromatic heterocycles. The minimum absolute atomic E-state index is 0.0848. The first-order chi connectivity index (χ1) is 19.6. The lowest BCUT2D eigenvalue weighted by Gasteiger charge is -2.41. The van der Waals surface area contributed by atoms with Crippen LogP contribution >= 0.6 is 0 Å². The number of hydrogen-bond acceptors (Lipinski definition) is 6. The van der Waals surface area contributed by atoms with Gasteiger partial charge in [-0.15, -0.1) is 13.2 Å². The summed E-state index contributed by atoms with van der Waals surface area (Å²) in [5.74, 6) is -2.86. The van der Waals surface area contributed by atoms with Crippen LogP contribution in [0.25, 0.3) is 0 Å². The van der Waals surface area contributed by atoms with Gasteiger partial charge in [-0.1, -0.05) is 51.5 Å². The van der Waals surface area contributed by atoms with Gasteiger partial charge >= 0.3 is 5.97 Å². The Kier molecular flexibility index (Phi) is 9.14. The van der Waals surface area contributed by atoms with Gasteiger partial charge in [0.2, 0.25) is 5.91 Å². The fourth-order valence-corrected chi connectivity index (χ4v) is 7.39. The Hall–Kier alpha value is -2.97. The lowest BCUT2D eigenvalue weighted by atomic mass is 9.65. The van der Waals surface area contributed by atoms with Crippen LogP contribution < -0.4 is 4.90 Å². The largest absolute Gasteiger partial charge is 0.465 e. The molecule has 8 heteroatoms. The van der Waals surface area contributed by atoms with E-state index in [1.54, 1.807) is 22.0 Å². The number of carbonyl (C=O) groups is 3. The number of ether oxygens (including phenoxy) is 2. The number of fused-ring (bicyclic) bond motifs is 1. The van der Waals surface area contributed by atoms with Gasteiger partial charge in [0.1, 0.15) is 17.6 Å². The number of aliphatic hydroxyl groups excluding tert-OH is 1. The van der Waals surface area contributed by atoms with Crippen molar-refractivity contribution < 1.29 is 29.0 Å². The highest BCUT2D eigenvalue weighted by Crippen LogP contribution is 2.65. The maximum atomic E-state index is 14.9. The third-order valence-electron chi connectivity index (χ3n) is 9.75. The van der Waals surface area contributed by atoms with Gasteiger partial charge in [0.15, 0.2) is 0 Å². The number of carbonyl (C=O) groups excluding carboxylic acids is 3. The molecule has 4 rings (SSSR count). The van der Waals surface area contributed by atoms with Gasteiger partial charge in [-0.2, -0.15) is 0 Å². The molecule has 7 atom stereocenters. The first-order valence-corrected chi connectivity index (χ1v) is 15.0. The predicted molar refractivity (Wildman–Crippen MR) is 158 cm³/mol. The quantitative estimate of drug-likeness (QED) is 0.215. The molecule has 3 aliphatic heterocycles. The van der Waals surface area contributed by atoms with Crippen molar-refractivity contribution >= 4 is 23.5 Å². The van der Waals surface area contributed by atoms with E-state index in [1.165, 1.54) is 0 Å². The van der Waals surface area contributed by atoms with Crippen LogP contribution in [0.4, 0.5) is 5.69 Å². The van der Waals surface area contributed by atoms with Gasteiger partial charge in [-0.25, -0.2) is 0 Å². The third-order valence-corrected chi connectivity index (χ3v) is 9.75. The molecule has 1 aromatic rings. The molecule has 224 valence electrons. The zero-order valence-corrected chi connectivity index (χ0v) is 25.2. The van der Waals surface area contributed by atoms with E-state index in [4.69, 9.17) is 9.47 Å². The molecule has 1 N–H and O–H groups in total. The number of esters is 1. The van der Waals surface area contributed by atoms with Gasteiger partial charge in [0.05, 0.1) is 30.8 Å². The number of amides is 2. The molecule has 2 unspecified atom stereocenters. The van der Waals surface area contributed by atoms with Crippen LogP contribution in [0.1, 0.15) is 64.0 Å². The Labute approximate surface area is 244 Å². The zero-order chi connectivity index (χ0) is 30.1. The lowest BCUT2D eigenvalue weighted by Crippen LogP contribution is -2.60. The molecule has 8 nitrogen and oxygen atoms in total. The minimum atomic E-state index is -1.20. The molecule has 41 heavy (non-hydrogen) atoms. The van der Waals surface area contributed by atoms with Gasteiger partial charge in [-0.3, -0.25) is 14.4 Å². The van der Waals surface area contributed by atoms with E-state index in [-0.39, 0.29) is 37.5 Å². The molecule has 0 radical (unpaired) electrons. The average molecular weight is 567 g/mol. The van der Waals surface area contributed by atoms with Gasteiger partial charge in [-0.05, 0) is 62.6 Å². The van der Waals surface area contributed by atoms with Crippen molar-refractivity contribution in [3.05, 3.63) is 54.6 Å². The van der Waals surface area contributed by atoms with Crippen LogP contribution in [0.2, 0.25) is 0 Å². The summed E-state index contributed by atoms with van der Waals surface area (Å²) in [6.45, 7) is 17.6. The molecule has 0 saturated carbocycles. The number of rotatable bonds is 13. The summed E-state index contributed by atoms with van der Waals surface area (Å²) in [4.78, 5) is 46.3. The number of aryl methyl sites for hydroxylation is 2. The van der Waals surface area contributed by atoms with Crippen molar-refractivity contribution in [2.45, 2.75) is 90.0 Å². The monoisotopic (exact) mass is 566 g/mol. The highest BCUT2D eigenvalue weighted by atomic mass is 16.6. The van der Waals surface area contributed by atoms with Crippen LogP contribution in [-0.4, -0.2) is 70.8 Å². The number of benzene rings is 1. The molecule has 1 aromatic carbocycles. The molecule has 3 saturated heterocycles. The Balaban J connectivity index is 1.88. The Morgan fingerprint density at radius 1 is 1.24 bits per heavy atom. The van der Waals surface area contributed by atoms with E-state index in [9.17, 15) is 19.5 Å². The normalized spacial score (nSPS) is 29.7. The number of nitrogens with zero attached hydrogens (tertiary/aromatic N) is 2. The first kappa shape index (κ1) is 31.0. The number of aliphatic hydroxyl groups is 1. The summed E-state index contributed by atoms with van der Waals surface area (Å²) in [6, 6.07) is 4.32. The Morgan fingerprint density at radius 2 is 1.98 bits per heavy atom. The molecule has 2 amide bonds. The van der Waals surface area contributed by atoms with E-state index in [2.05, 4.69) is 13.2 Å². The average Bonchev–Trinajstić information content (AvgIpc) is 3.57. The second-order valence-electron chi connectivity index (χ2n) is 12.0. The van der Waals surface area contributed by atoms with Crippen LogP contribution in [0.3, 0.4) is 0 Å². The van der Waals surface area contributed by atoms with E-state index < -0.39 is 41.1 Å². The smallest absolute Gasteiger partial charge is 0.312 e. The van der Waals surface area contributed by atoms with Crippen LogP contribution in [-0.2, 0) is 23.9 Å². The fourth-order valence-electron chi connectivity index (χ4n) is 7.39. The predicted octanol–water partition coefficient (Wildman–Crippen LogP) is 4.50. The van der Waals surface area contributed by atoms with Crippen molar-refractivity contribution in [1.82, 2.24) is 4.90 Å². The van der Waals surface area contributed by atoms with Crippen molar-refractivity contribution in [1.29, 1.82) is 0 Å². The zero-order valence-electron chi connectivity index (χ0n) is 25.2. The second kappa shape index (κ2) is 12.1. The van der Waals surface area contributed by atoms with E-state index in [1.807, 2.05) is 52.8 Å². The minimum Gasteiger partial charge on any atom is -0.465 e. The summed E-state index contributed by atoms with van der Waals surface area (Å²) in [5, 5.41) is 10.6. The Bertz CT molecular complexity index is 1200. The molecule has 3 fully saturated rings. The molecule has 3 heterocycles. The number of anilines is 1. The summed E-state index contributed by atoms with van der Waals surface area (Å²) in [7, 11) is 0. The summed E-state index contributed by atoms with van der Waals surface area (Å²) < 4.78 is 12.5. The summed E-state index contributed by atoms with van der Waals surface area (Å²) in [5.41, 5.74) is 0.570. The van der Waals surface area contributed by atoms with Gasteiger partial charge in [0, 0.05) is 12.2 Å². The standard InChI is InChI=1S/C33H46N2O6/c1-8-12-18-40-31(39)27-26-29(37)35(25(20-36)22(6)10-3)28(33(26)16-15-32(27,11-4)41-33)30(38)34(17-9-2)24-19-21(5)13-14-23(24)7/h8-9,13-14,19,22,25-28,36H,1-2,10-12,15-18,20H2,3-7H3/t22-,25-,26-,27+,28?,32-,33?/m0/s1. The lowest BCUT2D eigenvalue weighted by molar-refractivity contribution is -0.162. The molecule has 3 aliphatic rings. The van der Waals surface area contributed by atoms with Crippen molar-refractivity contribution in [3.63, 3.8) is 0 Å². The second-order valence-corrected chi connectivity index (χ2v) is 12.0. The van der Waals surface area contributed by atoms with E-state index in [0.717, 1.165) is 16.8 Å². The van der Waals surface area contributed by atoms with E-state index >= 15 is 0 Å². The molecule has 2 bridgehead atoms. The third kappa shape index (κ3) is 4.93. The first-order valence-electron chi connectivity index (χ1n) is 15.0.